The Balaban J connectivity index is 1.68. The Morgan fingerprint density at radius 2 is 1.81 bits per heavy atom. The molecular weight excluding hydrogens is 474 g/mol. The van der Waals surface area contributed by atoms with Crippen molar-refractivity contribution in [2.75, 3.05) is 5.32 Å². The fraction of sp³-hybridized carbons (Fsp3) is 0.0357. The number of nitro benzene ring substituents is 1. The number of hydrogen-bond donors (Lipinski definition) is 2. The van der Waals surface area contributed by atoms with Gasteiger partial charge in [0.25, 0.3) is 11.6 Å². The lowest BCUT2D eigenvalue weighted by Gasteiger charge is -2.13. The number of carboxylic acid groups (broad SMARTS) is 1. The molecule has 0 aliphatic carbocycles. The number of nitrogens with one attached hydrogen (secondary N) is 1. The molecule has 0 unspecified atom stereocenters. The standard InChI is InChI=1S/C28H19N3O6/c29-16-21(27(32)30-22-8-4-7-20(14-22)28(33)34)15-25-24-10-2-1-6-19(24)11-12-26(25)37-17-18-5-3-9-23(13-18)31(35)36/h1-15H,17H2,(H,30,32)(H,33,34)/b21-15-. The third-order valence-corrected chi connectivity index (χ3v) is 5.47. The van der Waals surface area contributed by atoms with Gasteiger partial charge in [0.2, 0.25) is 0 Å². The van der Waals surface area contributed by atoms with Crippen molar-refractivity contribution in [3.05, 3.63) is 117 Å². The maximum absolute atomic E-state index is 12.9. The smallest absolute Gasteiger partial charge is 0.335 e. The van der Waals surface area contributed by atoms with E-state index in [1.54, 1.807) is 18.2 Å². The van der Waals surface area contributed by atoms with Crippen LogP contribution >= 0.6 is 0 Å². The molecule has 2 N–H and O–H groups in total. The molecule has 0 atom stereocenters. The highest BCUT2D eigenvalue weighted by molar-refractivity contribution is 6.11. The zero-order valence-electron chi connectivity index (χ0n) is 19.3. The lowest BCUT2D eigenvalue weighted by atomic mass is 10.0. The highest BCUT2D eigenvalue weighted by atomic mass is 16.6. The molecule has 4 aromatic carbocycles. The predicted molar refractivity (Wildman–Crippen MR) is 137 cm³/mol. The van der Waals surface area contributed by atoms with Crippen LogP contribution in [0.1, 0.15) is 21.5 Å². The van der Waals surface area contributed by atoms with Gasteiger partial charge >= 0.3 is 5.97 Å². The first-order chi connectivity index (χ1) is 17.9. The van der Waals surface area contributed by atoms with Crippen LogP contribution in [0, 0.1) is 21.4 Å². The minimum atomic E-state index is -1.14. The Bertz CT molecular complexity index is 1600. The monoisotopic (exact) mass is 493 g/mol. The van der Waals surface area contributed by atoms with Crippen molar-refractivity contribution >= 4 is 40.1 Å². The van der Waals surface area contributed by atoms with Crippen LogP contribution in [0.25, 0.3) is 16.8 Å². The fourth-order valence-corrected chi connectivity index (χ4v) is 3.69. The van der Waals surface area contributed by atoms with Crippen molar-refractivity contribution in [3.8, 4) is 11.8 Å². The number of amides is 1. The Hall–Kier alpha value is -5.49. The Kier molecular flexibility index (Phi) is 7.21. The van der Waals surface area contributed by atoms with Gasteiger partial charge in [0.15, 0.2) is 0 Å². The first-order valence-corrected chi connectivity index (χ1v) is 11.0. The zero-order valence-corrected chi connectivity index (χ0v) is 19.3. The number of carbonyl (C=O) groups excluding carboxylic acids is 1. The van der Waals surface area contributed by atoms with Gasteiger partial charge in [-0.3, -0.25) is 14.9 Å². The molecule has 0 saturated heterocycles. The van der Waals surface area contributed by atoms with Gasteiger partial charge in [0, 0.05) is 23.4 Å². The van der Waals surface area contributed by atoms with E-state index in [0.29, 0.717) is 16.9 Å². The van der Waals surface area contributed by atoms with E-state index in [0.717, 1.165) is 10.8 Å². The van der Waals surface area contributed by atoms with E-state index < -0.39 is 16.8 Å². The number of aromatic carboxylic acids is 1. The van der Waals surface area contributed by atoms with Crippen molar-refractivity contribution < 1.29 is 24.4 Å². The number of hydrogen-bond acceptors (Lipinski definition) is 6. The number of rotatable bonds is 8. The summed E-state index contributed by atoms with van der Waals surface area (Å²) in [5.41, 5.74) is 0.994. The van der Waals surface area contributed by atoms with E-state index in [-0.39, 0.29) is 29.1 Å². The zero-order chi connectivity index (χ0) is 26.4. The summed E-state index contributed by atoms with van der Waals surface area (Å²) < 4.78 is 5.98. The van der Waals surface area contributed by atoms with E-state index in [1.807, 2.05) is 36.4 Å². The van der Waals surface area contributed by atoms with E-state index in [4.69, 9.17) is 4.74 Å². The van der Waals surface area contributed by atoms with Crippen molar-refractivity contribution in [2.45, 2.75) is 6.61 Å². The summed E-state index contributed by atoms with van der Waals surface area (Å²) in [5, 5.41) is 34.2. The number of non-ortho nitro benzene ring substituents is 1. The lowest BCUT2D eigenvalue weighted by molar-refractivity contribution is -0.384. The summed E-state index contributed by atoms with van der Waals surface area (Å²) in [6.07, 6.45) is 1.40. The van der Waals surface area contributed by atoms with Gasteiger partial charge in [-0.15, -0.1) is 0 Å². The van der Waals surface area contributed by atoms with Crippen LogP contribution < -0.4 is 10.1 Å². The number of fused-ring (bicyclic) bond motifs is 1. The first kappa shape index (κ1) is 24.6. The number of nitrogens with zero attached hydrogens (tertiary/aromatic N) is 2. The number of benzene rings is 4. The second kappa shape index (κ2) is 10.8. The minimum Gasteiger partial charge on any atom is -0.488 e. The maximum Gasteiger partial charge on any atom is 0.335 e. The largest absolute Gasteiger partial charge is 0.488 e. The van der Waals surface area contributed by atoms with E-state index in [1.165, 1.54) is 42.5 Å². The first-order valence-electron chi connectivity index (χ1n) is 11.0. The highest BCUT2D eigenvalue weighted by Gasteiger charge is 2.15. The number of anilines is 1. The third-order valence-electron chi connectivity index (χ3n) is 5.47. The Morgan fingerprint density at radius 1 is 1.03 bits per heavy atom. The SMILES string of the molecule is N#C/C(=C/c1c(OCc2cccc([N+](=O)[O-])c2)ccc2ccccc12)C(=O)Nc1cccc(C(=O)O)c1. The van der Waals surface area contributed by atoms with Crippen LogP contribution in [0.4, 0.5) is 11.4 Å². The molecule has 4 rings (SSSR count). The van der Waals surface area contributed by atoms with Crippen molar-refractivity contribution in [1.29, 1.82) is 5.26 Å². The van der Waals surface area contributed by atoms with Gasteiger partial charge in [-0.1, -0.05) is 48.5 Å². The molecule has 182 valence electrons. The Labute approximate surface area is 211 Å². The Morgan fingerprint density at radius 3 is 2.57 bits per heavy atom. The lowest BCUT2D eigenvalue weighted by Crippen LogP contribution is -2.14. The van der Waals surface area contributed by atoms with Crippen LogP contribution in [-0.4, -0.2) is 21.9 Å². The summed E-state index contributed by atoms with van der Waals surface area (Å²) in [7, 11) is 0. The van der Waals surface area contributed by atoms with Crippen LogP contribution in [0.5, 0.6) is 5.75 Å². The molecular formula is C28H19N3O6. The average molecular weight is 493 g/mol. The molecule has 0 saturated carbocycles. The maximum atomic E-state index is 12.9. The number of nitriles is 1. The molecule has 0 bridgehead atoms. The molecule has 9 nitrogen and oxygen atoms in total. The van der Waals surface area contributed by atoms with Crippen LogP contribution in [0.15, 0.2) is 90.5 Å². The molecule has 0 spiro atoms. The fourth-order valence-electron chi connectivity index (χ4n) is 3.69. The molecule has 0 aliphatic rings. The van der Waals surface area contributed by atoms with Crippen LogP contribution in [0.3, 0.4) is 0 Å². The van der Waals surface area contributed by atoms with E-state index in [2.05, 4.69) is 5.32 Å². The summed E-state index contributed by atoms with van der Waals surface area (Å²) in [5.74, 6) is -1.49. The predicted octanol–water partition coefficient (Wildman–Crippen LogP) is 5.57. The summed E-state index contributed by atoms with van der Waals surface area (Å²) in [6, 6.07) is 24.5. The quantitative estimate of drug-likeness (QED) is 0.141. The normalized spacial score (nSPS) is 10.9. The van der Waals surface area contributed by atoms with Crippen LogP contribution in [0.2, 0.25) is 0 Å². The van der Waals surface area contributed by atoms with E-state index >= 15 is 0 Å². The third kappa shape index (κ3) is 5.78. The van der Waals surface area contributed by atoms with E-state index in [9.17, 15) is 30.1 Å². The molecule has 0 aromatic heterocycles. The number of carboxylic acids is 1. The molecule has 0 radical (unpaired) electrons. The molecule has 4 aromatic rings. The molecule has 1 amide bonds. The van der Waals surface area contributed by atoms with Crippen molar-refractivity contribution in [3.63, 3.8) is 0 Å². The molecule has 37 heavy (non-hydrogen) atoms. The van der Waals surface area contributed by atoms with Crippen molar-refractivity contribution in [1.82, 2.24) is 0 Å². The van der Waals surface area contributed by atoms with Gasteiger partial charge in [-0.05, 0) is 46.7 Å². The number of ether oxygens (including phenoxy) is 1. The van der Waals surface area contributed by atoms with Gasteiger partial charge in [0.05, 0.1) is 10.5 Å². The number of carbonyl (C=O) groups is 2. The second-order valence-corrected chi connectivity index (χ2v) is 7.92. The van der Waals surface area contributed by atoms with Gasteiger partial charge < -0.3 is 15.2 Å². The molecule has 0 aliphatic heterocycles. The molecule has 0 heterocycles. The number of nitro groups is 1. The summed E-state index contributed by atoms with van der Waals surface area (Å²) in [6.45, 7) is 0.0247. The molecule has 9 heteroatoms. The summed E-state index contributed by atoms with van der Waals surface area (Å²) in [4.78, 5) is 34.7. The van der Waals surface area contributed by atoms with Gasteiger partial charge in [-0.25, -0.2) is 4.79 Å². The minimum absolute atomic E-state index is 0.00817. The molecule has 0 fully saturated rings. The van der Waals surface area contributed by atoms with Gasteiger partial charge in [-0.2, -0.15) is 5.26 Å². The van der Waals surface area contributed by atoms with Crippen molar-refractivity contribution in [2.24, 2.45) is 0 Å². The average Bonchev–Trinajstić information content (AvgIpc) is 2.91. The van der Waals surface area contributed by atoms with Crippen LogP contribution in [-0.2, 0) is 11.4 Å². The van der Waals surface area contributed by atoms with Gasteiger partial charge in [0.1, 0.15) is 24.0 Å². The highest BCUT2D eigenvalue weighted by Crippen LogP contribution is 2.31. The second-order valence-electron chi connectivity index (χ2n) is 7.92. The summed E-state index contributed by atoms with van der Waals surface area (Å²) >= 11 is 0. The topological polar surface area (TPSA) is 143 Å².